The summed E-state index contributed by atoms with van der Waals surface area (Å²) in [4.78, 5) is 22.7. The van der Waals surface area contributed by atoms with E-state index in [0.717, 1.165) is 19.3 Å². The van der Waals surface area contributed by atoms with Crippen molar-refractivity contribution in [3.05, 3.63) is 0 Å². The van der Waals surface area contributed by atoms with Crippen LogP contribution in [0.5, 0.6) is 0 Å². The number of hydrogen-bond donors (Lipinski definition) is 0. The second-order valence-corrected chi connectivity index (χ2v) is 3.57. The Kier molecular flexibility index (Phi) is 1.97. The molecule has 0 amide bonds. The molecule has 2 atom stereocenters. The van der Waals surface area contributed by atoms with Crippen LogP contribution in [-0.4, -0.2) is 24.8 Å². The van der Waals surface area contributed by atoms with E-state index in [4.69, 9.17) is 4.74 Å². The molecular formula is C9H12O3. The molecule has 0 aromatic heterocycles. The van der Waals surface area contributed by atoms with Crippen LogP contribution in [0.2, 0.25) is 0 Å². The predicted octanol–water partition coefficient (Wildman–Crippen LogP) is 0.571. The van der Waals surface area contributed by atoms with Gasteiger partial charge in [0.1, 0.15) is 13.2 Å². The molecule has 3 heteroatoms. The summed E-state index contributed by atoms with van der Waals surface area (Å²) in [6, 6.07) is 0. The van der Waals surface area contributed by atoms with Crippen molar-refractivity contribution in [2.75, 3.05) is 13.2 Å². The topological polar surface area (TPSA) is 43.4 Å². The third-order valence-corrected chi connectivity index (χ3v) is 2.83. The normalized spacial score (nSPS) is 36.3. The highest BCUT2D eigenvalue weighted by Crippen LogP contribution is 2.34. The zero-order valence-corrected chi connectivity index (χ0v) is 6.91. The Labute approximate surface area is 71.1 Å². The highest BCUT2D eigenvalue weighted by Gasteiger charge is 2.39. The Bertz CT molecular complexity index is 200. The summed E-state index contributed by atoms with van der Waals surface area (Å²) >= 11 is 0. The Morgan fingerprint density at radius 2 is 1.50 bits per heavy atom. The number of Topliss-reactive ketones (excluding diaryl/α,β-unsaturated/α-hetero) is 2. The molecule has 0 bridgehead atoms. The van der Waals surface area contributed by atoms with Gasteiger partial charge in [-0.1, -0.05) is 6.42 Å². The molecule has 0 aromatic carbocycles. The van der Waals surface area contributed by atoms with Crippen LogP contribution in [0.4, 0.5) is 0 Å². The van der Waals surface area contributed by atoms with Gasteiger partial charge in [-0.3, -0.25) is 9.59 Å². The van der Waals surface area contributed by atoms with E-state index in [1.165, 1.54) is 0 Å². The van der Waals surface area contributed by atoms with Gasteiger partial charge in [0.05, 0.1) is 0 Å². The fraction of sp³-hybridized carbons (Fsp3) is 0.778. The lowest BCUT2D eigenvalue weighted by Gasteiger charge is -2.10. The third kappa shape index (κ3) is 1.18. The molecule has 2 rings (SSSR count). The Morgan fingerprint density at radius 3 is 2.00 bits per heavy atom. The van der Waals surface area contributed by atoms with Gasteiger partial charge in [-0.05, 0) is 12.8 Å². The van der Waals surface area contributed by atoms with E-state index in [1.807, 2.05) is 0 Å². The zero-order chi connectivity index (χ0) is 8.55. The van der Waals surface area contributed by atoms with Gasteiger partial charge in [0, 0.05) is 11.8 Å². The third-order valence-electron chi connectivity index (χ3n) is 2.83. The molecule has 1 saturated heterocycles. The molecule has 0 aromatic rings. The highest BCUT2D eigenvalue weighted by molar-refractivity contribution is 5.93. The average Bonchev–Trinajstić information content (AvgIpc) is 2.47. The SMILES string of the molecule is O=C1COCC(=O)[C@@H]2CCC[C@H]12. The summed E-state index contributed by atoms with van der Waals surface area (Å²) in [7, 11) is 0. The first-order valence-corrected chi connectivity index (χ1v) is 4.42. The maximum Gasteiger partial charge on any atom is 0.162 e. The molecule has 1 aliphatic heterocycles. The minimum absolute atomic E-state index is 0.0139. The lowest BCUT2D eigenvalue weighted by Crippen LogP contribution is -2.23. The van der Waals surface area contributed by atoms with Crippen LogP contribution in [-0.2, 0) is 14.3 Å². The summed E-state index contributed by atoms with van der Waals surface area (Å²) in [5.74, 6) is 0.228. The van der Waals surface area contributed by atoms with E-state index in [1.54, 1.807) is 0 Å². The fourth-order valence-corrected chi connectivity index (χ4v) is 2.20. The Balaban J connectivity index is 2.20. The minimum atomic E-state index is -0.0139. The number of hydrogen-bond acceptors (Lipinski definition) is 3. The van der Waals surface area contributed by atoms with E-state index in [9.17, 15) is 9.59 Å². The Hall–Kier alpha value is -0.700. The van der Waals surface area contributed by atoms with Crippen molar-refractivity contribution in [1.82, 2.24) is 0 Å². The fourth-order valence-electron chi connectivity index (χ4n) is 2.20. The zero-order valence-electron chi connectivity index (χ0n) is 6.91. The molecule has 0 radical (unpaired) electrons. The predicted molar refractivity (Wildman–Crippen MR) is 41.7 cm³/mol. The van der Waals surface area contributed by atoms with Crippen LogP contribution in [0, 0.1) is 11.8 Å². The monoisotopic (exact) mass is 168 g/mol. The number of carbonyl (C=O) groups is 2. The molecular weight excluding hydrogens is 156 g/mol. The van der Waals surface area contributed by atoms with Crippen molar-refractivity contribution in [2.45, 2.75) is 19.3 Å². The first kappa shape index (κ1) is 7.92. The molecule has 66 valence electrons. The van der Waals surface area contributed by atoms with E-state index < -0.39 is 0 Å². The van der Waals surface area contributed by atoms with Crippen LogP contribution < -0.4 is 0 Å². The van der Waals surface area contributed by atoms with E-state index in [-0.39, 0.29) is 36.6 Å². The molecule has 1 aliphatic carbocycles. The van der Waals surface area contributed by atoms with Crippen LogP contribution >= 0.6 is 0 Å². The van der Waals surface area contributed by atoms with Crippen LogP contribution in [0.15, 0.2) is 0 Å². The highest BCUT2D eigenvalue weighted by atomic mass is 16.5. The summed E-state index contributed by atoms with van der Waals surface area (Å²) in [5.41, 5.74) is 0. The van der Waals surface area contributed by atoms with Gasteiger partial charge in [-0.2, -0.15) is 0 Å². The van der Waals surface area contributed by atoms with Crippen LogP contribution in [0.25, 0.3) is 0 Å². The smallest absolute Gasteiger partial charge is 0.162 e. The molecule has 0 unspecified atom stereocenters. The Morgan fingerprint density at radius 1 is 1.00 bits per heavy atom. The van der Waals surface area contributed by atoms with E-state index in [2.05, 4.69) is 0 Å². The molecule has 0 N–H and O–H groups in total. The molecule has 2 aliphatic rings. The molecule has 1 heterocycles. The van der Waals surface area contributed by atoms with Crippen molar-refractivity contribution >= 4 is 11.6 Å². The number of ether oxygens (including phenoxy) is 1. The maximum atomic E-state index is 11.4. The second-order valence-electron chi connectivity index (χ2n) is 3.57. The largest absolute Gasteiger partial charge is 0.366 e. The maximum absolute atomic E-state index is 11.4. The number of rotatable bonds is 0. The van der Waals surface area contributed by atoms with Gasteiger partial charge in [0.2, 0.25) is 0 Å². The van der Waals surface area contributed by atoms with Gasteiger partial charge in [-0.15, -0.1) is 0 Å². The van der Waals surface area contributed by atoms with E-state index >= 15 is 0 Å². The van der Waals surface area contributed by atoms with Crippen LogP contribution in [0.3, 0.4) is 0 Å². The number of fused-ring (bicyclic) bond motifs is 1. The molecule has 0 spiro atoms. The van der Waals surface area contributed by atoms with Crippen molar-refractivity contribution < 1.29 is 14.3 Å². The van der Waals surface area contributed by atoms with Crippen LogP contribution in [0.1, 0.15) is 19.3 Å². The number of carbonyl (C=O) groups excluding carboxylic acids is 2. The molecule has 1 saturated carbocycles. The summed E-state index contributed by atoms with van der Waals surface area (Å²) < 4.78 is 4.96. The quantitative estimate of drug-likeness (QED) is 0.531. The van der Waals surface area contributed by atoms with Gasteiger partial charge < -0.3 is 4.74 Å². The van der Waals surface area contributed by atoms with Crippen molar-refractivity contribution in [1.29, 1.82) is 0 Å². The van der Waals surface area contributed by atoms with Gasteiger partial charge in [-0.25, -0.2) is 0 Å². The lowest BCUT2D eigenvalue weighted by molar-refractivity contribution is -0.127. The summed E-state index contributed by atoms with van der Waals surface area (Å²) in [5, 5.41) is 0. The van der Waals surface area contributed by atoms with Crippen molar-refractivity contribution in [3.63, 3.8) is 0 Å². The second kappa shape index (κ2) is 2.98. The first-order chi connectivity index (χ1) is 5.79. The standard InChI is InChI=1S/C9H12O3/c10-8-4-12-5-9(11)7-3-1-2-6(7)8/h6-7H,1-5H2/t6-,7+. The molecule has 3 nitrogen and oxygen atoms in total. The molecule has 2 fully saturated rings. The van der Waals surface area contributed by atoms with Crippen molar-refractivity contribution in [3.8, 4) is 0 Å². The minimum Gasteiger partial charge on any atom is -0.366 e. The van der Waals surface area contributed by atoms with Gasteiger partial charge in [0.25, 0.3) is 0 Å². The van der Waals surface area contributed by atoms with E-state index in [0.29, 0.717) is 0 Å². The lowest BCUT2D eigenvalue weighted by atomic mass is 9.90. The molecule has 12 heavy (non-hydrogen) atoms. The van der Waals surface area contributed by atoms with Gasteiger partial charge >= 0.3 is 0 Å². The van der Waals surface area contributed by atoms with Crippen molar-refractivity contribution in [2.24, 2.45) is 11.8 Å². The first-order valence-electron chi connectivity index (χ1n) is 4.42. The summed E-state index contributed by atoms with van der Waals surface area (Å²) in [6.45, 7) is 0.291. The average molecular weight is 168 g/mol. The van der Waals surface area contributed by atoms with Gasteiger partial charge in [0.15, 0.2) is 11.6 Å². The number of ketones is 2. The summed E-state index contributed by atoms with van der Waals surface area (Å²) in [6.07, 6.45) is 2.80.